The van der Waals surface area contributed by atoms with Crippen molar-refractivity contribution in [1.29, 1.82) is 0 Å². The van der Waals surface area contributed by atoms with Crippen LogP contribution in [0.2, 0.25) is 0 Å². The molecule has 3 atom stereocenters. The van der Waals surface area contributed by atoms with Crippen LogP contribution in [0.3, 0.4) is 0 Å². The summed E-state index contributed by atoms with van der Waals surface area (Å²) in [7, 11) is 0. The van der Waals surface area contributed by atoms with Gasteiger partial charge in [-0.15, -0.1) is 12.4 Å². The van der Waals surface area contributed by atoms with E-state index >= 15 is 0 Å². The maximum atomic E-state index is 13.2. The van der Waals surface area contributed by atoms with Gasteiger partial charge in [-0.05, 0) is 173 Å². The molecular weight excluding hydrogens is 1460 g/mol. The van der Waals surface area contributed by atoms with Gasteiger partial charge in [0.25, 0.3) is 35.4 Å². The number of carbonyl (C=O) groups excluding carboxylic acids is 14. The van der Waals surface area contributed by atoms with Crippen molar-refractivity contribution in [3.05, 3.63) is 88.0 Å². The van der Waals surface area contributed by atoms with E-state index in [2.05, 4.69) is 62.9 Å². The molecule has 3 aromatic rings. The zero-order valence-corrected chi connectivity index (χ0v) is 66.1. The van der Waals surface area contributed by atoms with Gasteiger partial charge in [0.05, 0.1) is 33.4 Å². The van der Waals surface area contributed by atoms with Gasteiger partial charge in [-0.1, -0.05) is 6.92 Å². The number of nitrogens with zero attached hydrogens (tertiary/aromatic N) is 11. The van der Waals surface area contributed by atoms with Crippen LogP contribution in [0, 0.1) is 11.8 Å². The highest BCUT2D eigenvalue weighted by Crippen LogP contribution is 2.36. The van der Waals surface area contributed by atoms with Gasteiger partial charge >= 0.3 is 12.2 Å². The normalized spacial score (nSPS) is 23.2. The van der Waals surface area contributed by atoms with Gasteiger partial charge in [0, 0.05) is 167 Å². The van der Waals surface area contributed by atoms with Crippen LogP contribution in [0.5, 0.6) is 0 Å². The Morgan fingerprint density at radius 3 is 0.973 bits per heavy atom. The average molecular weight is 1570 g/mol. The number of halogens is 1. The Kier molecular flexibility index (Phi) is 26.9. The number of amides is 14. The van der Waals surface area contributed by atoms with E-state index < -0.39 is 76.9 Å². The molecular formula is C79H107ClN16O16. The molecule has 0 aliphatic carbocycles. The third-order valence-electron chi connectivity index (χ3n) is 22.5. The summed E-state index contributed by atoms with van der Waals surface area (Å²) in [6.07, 6.45) is 4.80. The molecule has 0 bridgehead atoms. The lowest BCUT2D eigenvalue weighted by Crippen LogP contribution is -2.54. The summed E-state index contributed by atoms with van der Waals surface area (Å²) >= 11 is 0. The first-order valence-electron chi connectivity index (χ1n) is 39.4. The minimum absolute atomic E-state index is 0. The first-order chi connectivity index (χ1) is 53.0. The van der Waals surface area contributed by atoms with Crippen LogP contribution in [0.4, 0.5) is 26.7 Å². The SMILES string of the molecule is CC(C)(C)OC(=O)N1CCC(CN2CCN(c3ccc4c(c3)C(=O)N(C3CCC(=O)NC3=O)C4=O)CC2)CC1.CC(C)(C)OC(=O)N1CCNCC1.CCN1CCN(c2ccc3c(c2)C(=O)N(C2CCC(=O)NC2=O)C3=O)CC1.Cl.O=C1CCC(N2C(=O)c3ccc(N4CCN(CC5CCNCC5)CC4)cc3C2=O)C(=O)N1. The van der Waals surface area contributed by atoms with E-state index in [1.165, 1.54) is 12.8 Å². The van der Waals surface area contributed by atoms with Gasteiger partial charge in [-0.2, -0.15) is 0 Å². The Morgan fingerprint density at radius 1 is 0.366 bits per heavy atom. The first kappa shape index (κ1) is 83.5. The van der Waals surface area contributed by atoms with E-state index in [-0.39, 0.29) is 86.4 Å². The van der Waals surface area contributed by atoms with Crippen LogP contribution in [0.15, 0.2) is 54.6 Å². The van der Waals surface area contributed by atoms with Gasteiger partial charge in [-0.25, -0.2) is 9.59 Å². The number of ether oxygens (including phenoxy) is 2. The maximum Gasteiger partial charge on any atom is 0.410 e. The predicted molar refractivity (Wildman–Crippen MR) is 415 cm³/mol. The highest BCUT2D eigenvalue weighted by atomic mass is 35.5. The Hall–Kier alpha value is -9.47. The van der Waals surface area contributed by atoms with E-state index in [0.717, 1.165) is 201 Å². The van der Waals surface area contributed by atoms with E-state index in [0.29, 0.717) is 39.3 Å². The zero-order chi connectivity index (χ0) is 79.2. The molecule has 0 saturated carbocycles. The minimum Gasteiger partial charge on any atom is -0.444 e. The van der Waals surface area contributed by atoms with Crippen LogP contribution in [0.25, 0.3) is 0 Å². The van der Waals surface area contributed by atoms with E-state index in [4.69, 9.17) is 9.47 Å². The number of imide groups is 6. The molecule has 3 unspecified atom stereocenters. The Balaban J connectivity index is 0.000000155. The number of carbonyl (C=O) groups is 14. The van der Waals surface area contributed by atoms with Crippen LogP contribution in [-0.2, 0) is 38.2 Å². The largest absolute Gasteiger partial charge is 0.444 e. The van der Waals surface area contributed by atoms with Crippen molar-refractivity contribution < 1.29 is 76.6 Å². The molecule has 9 saturated heterocycles. The molecule has 12 aliphatic heterocycles. The Morgan fingerprint density at radius 2 is 0.661 bits per heavy atom. The number of hydrogen-bond acceptors (Lipinski definition) is 24. The summed E-state index contributed by atoms with van der Waals surface area (Å²) in [5.74, 6) is -4.41. The summed E-state index contributed by atoms with van der Waals surface area (Å²) in [4.78, 5) is 193. The number of hydrogen-bond donors (Lipinski definition) is 5. The third-order valence-corrected chi connectivity index (χ3v) is 22.5. The molecule has 5 N–H and O–H groups in total. The first-order valence-corrected chi connectivity index (χ1v) is 39.4. The number of nitrogens with one attached hydrogen (secondary N) is 5. The smallest absolute Gasteiger partial charge is 0.410 e. The molecule has 606 valence electrons. The molecule has 12 aliphatic rings. The second-order valence-electron chi connectivity index (χ2n) is 32.3. The lowest BCUT2D eigenvalue weighted by Gasteiger charge is -2.39. The zero-order valence-electron chi connectivity index (χ0n) is 65.3. The molecule has 15 rings (SSSR count). The topological polar surface area (TPSA) is 353 Å². The van der Waals surface area contributed by atoms with Crippen LogP contribution < -0.4 is 41.3 Å². The summed E-state index contributed by atoms with van der Waals surface area (Å²) in [5, 5.41) is 13.3. The lowest BCUT2D eigenvalue weighted by molar-refractivity contribution is -0.137. The number of likely N-dealkylation sites (N-methyl/N-ethyl adjacent to an activating group) is 1. The maximum absolute atomic E-state index is 13.2. The van der Waals surface area contributed by atoms with Crippen LogP contribution >= 0.6 is 12.4 Å². The van der Waals surface area contributed by atoms with Gasteiger partial charge in [0.15, 0.2) is 0 Å². The lowest BCUT2D eigenvalue weighted by atomic mass is 9.96. The molecule has 0 radical (unpaired) electrons. The molecule has 3 aromatic carbocycles. The van der Waals surface area contributed by atoms with Crippen molar-refractivity contribution in [3.63, 3.8) is 0 Å². The van der Waals surface area contributed by atoms with Crippen molar-refractivity contribution in [3.8, 4) is 0 Å². The summed E-state index contributed by atoms with van der Waals surface area (Å²) in [5.41, 5.74) is 3.77. The van der Waals surface area contributed by atoms with Crippen molar-refractivity contribution in [2.75, 3.05) is 165 Å². The summed E-state index contributed by atoms with van der Waals surface area (Å²) in [6, 6.07) is 13.1. The second-order valence-corrected chi connectivity index (χ2v) is 32.3. The number of anilines is 3. The molecule has 0 spiro atoms. The fraction of sp³-hybridized carbons (Fsp3) is 0.595. The average Bonchev–Trinajstić information content (AvgIpc) is 1.62. The summed E-state index contributed by atoms with van der Waals surface area (Å²) in [6.45, 7) is 34.2. The monoisotopic (exact) mass is 1570 g/mol. The van der Waals surface area contributed by atoms with Gasteiger partial charge in [0.2, 0.25) is 35.4 Å². The quantitative estimate of drug-likeness (QED) is 0.171. The van der Waals surface area contributed by atoms with Gasteiger partial charge in [-0.3, -0.25) is 98.0 Å². The molecule has 14 amide bonds. The number of rotatable bonds is 11. The molecule has 112 heavy (non-hydrogen) atoms. The predicted octanol–water partition coefficient (Wildman–Crippen LogP) is 3.54. The molecule has 32 nitrogen and oxygen atoms in total. The second kappa shape index (κ2) is 36.1. The number of fused-ring (bicyclic) bond motifs is 3. The van der Waals surface area contributed by atoms with Crippen molar-refractivity contribution in [2.45, 2.75) is 142 Å². The minimum atomic E-state index is -0.960. The van der Waals surface area contributed by atoms with Gasteiger partial charge < -0.3 is 49.5 Å². The number of piperidine rings is 5. The summed E-state index contributed by atoms with van der Waals surface area (Å²) < 4.78 is 10.7. The fourth-order valence-electron chi connectivity index (χ4n) is 16.3. The molecule has 9 fully saturated rings. The Labute approximate surface area is 659 Å². The molecule has 12 heterocycles. The van der Waals surface area contributed by atoms with E-state index in [1.54, 1.807) is 46.2 Å². The highest BCUT2D eigenvalue weighted by Gasteiger charge is 2.48. The van der Waals surface area contributed by atoms with Crippen molar-refractivity contribution in [2.24, 2.45) is 11.8 Å². The number of piperazine rings is 4. The van der Waals surface area contributed by atoms with Gasteiger partial charge in [0.1, 0.15) is 29.3 Å². The van der Waals surface area contributed by atoms with Crippen LogP contribution in [0.1, 0.15) is 175 Å². The van der Waals surface area contributed by atoms with Crippen molar-refractivity contribution >= 4 is 113 Å². The van der Waals surface area contributed by atoms with Crippen LogP contribution in [-0.4, -0.2) is 302 Å². The van der Waals surface area contributed by atoms with E-state index in [1.807, 2.05) is 59.7 Å². The van der Waals surface area contributed by atoms with Crippen molar-refractivity contribution in [1.82, 2.24) is 65.8 Å². The van der Waals surface area contributed by atoms with E-state index in [9.17, 15) is 67.1 Å². The fourth-order valence-corrected chi connectivity index (χ4v) is 16.3. The Bertz CT molecular complexity index is 4100. The number of benzene rings is 3. The third kappa shape index (κ3) is 19.8. The number of likely N-dealkylation sites (tertiary alicyclic amines) is 1. The molecule has 33 heteroatoms. The highest BCUT2D eigenvalue weighted by molar-refractivity contribution is 6.26. The molecule has 0 aromatic heterocycles. The standard InChI is InChI=1S/C28H37N5O6.C23H29N5O4.C19H22N4O4.C9H18N2O2.ClH/c1-28(2,3)39-27(38)32-10-8-18(9-11-32)17-30-12-14-31(15-13-30)19-4-5-20-21(16-19)26(37)33(25(20)36)22-6-7-23(34)29-24(22)35;29-20-4-3-19(21(30)25-20)28-22(31)17-2-1-16(13-18(17)23(28)32)27-11-9-26(10-12-27)14-15-5-7-24-8-6-15;1-2-21-7-9-22(10-8-21)12-3-4-13-14(11-12)19(27)23(18(13)26)15-5-6-16(24)20-17(15)25;1-9(2,3)13-8(12)11-6-4-10-5-7-11;/h4-5,16,18,22H,6-15,17H2,1-3H3,(H,29,34,35);1-2,13,15,19,24H,3-12,14H2,(H,25,29,30);3-4,11,15H,2,5-10H2,1H3,(H,20,24,25);10H,4-7H2,1-3H3;1H.